The van der Waals surface area contributed by atoms with Crippen molar-refractivity contribution in [2.75, 3.05) is 13.2 Å². The second-order valence-electron chi connectivity index (χ2n) is 6.03. The minimum absolute atomic E-state index is 0.0485. The molecule has 148 valence electrons. The van der Waals surface area contributed by atoms with Crippen molar-refractivity contribution in [1.29, 1.82) is 0 Å². The standard InChI is InChI=1S/C20H22N2O6/c1-3-4-11-21-20(26)22-18(24)12-27-19(25)17-10-9-16(28-17)15-7-5-14(6-8-15)13(2)23/h5-10H,3-4,11-12H2,1-2H3,(H2,21,22,24,26). The summed E-state index contributed by atoms with van der Waals surface area (Å²) in [5.74, 6) is -1.28. The van der Waals surface area contributed by atoms with Crippen molar-refractivity contribution in [1.82, 2.24) is 10.6 Å². The molecule has 2 N–H and O–H groups in total. The van der Waals surface area contributed by atoms with Crippen LogP contribution in [0.15, 0.2) is 40.8 Å². The predicted molar refractivity (Wildman–Crippen MR) is 101 cm³/mol. The average molecular weight is 386 g/mol. The normalized spacial score (nSPS) is 10.2. The van der Waals surface area contributed by atoms with Crippen LogP contribution in [-0.4, -0.2) is 36.8 Å². The Morgan fingerprint density at radius 2 is 1.75 bits per heavy atom. The molecule has 8 heteroatoms. The van der Waals surface area contributed by atoms with Crippen LogP contribution in [0.2, 0.25) is 0 Å². The first-order chi connectivity index (χ1) is 13.4. The average Bonchev–Trinajstić information content (AvgIpc) is 3.16. The molecule has 0 bridgehead atoms. The molecular formula is C20H22N2O6. The number of amides is 3. The second-order valence-corrected chi connectivity index (χ2v) is 6.03. The largest absolute Gasteiger partial charge is 0.450 e. The molecule has 0 unspecified atom stereocenters. The number of Topliss-reactive ketones (excluding diaryl/α,β-unsaturated/α-hetero) is 1. The van der Waals surface area contributed by atoms with Crippen molar-refractivity contribution in [3.05, 3.63) is 47.7 Å². The maximum Gasteiger partial charge on any atom is 0.374 e. The van der Waals surface area contributed by atoms with Gasteiger partial charge in [-0.3, -0.25) is 14.9 Å². The van der Waals surface area contributed by atoms with Crippen LogP contribution in [-0.2, 0) is 9.53 Å². The van der Waals surface area contributed by atoms with E-state index in [0.717, 1.165) is 12.8 Å². The number of carbonyl (C=O) groups is 4. The third kappa shape index (κ3) is 6.08. The van der Waals surface area contributed by atoms with E-state index in [2.05, 4.69) is 10.6 Å². The van der Waals surface area contributed by atoms with E-state index in [1.807, 2.05) is 6.92 Å². The summed E-state index contributed by atoms with van der Waals surface area (Å²) in [4.78, 5) is 46.4. The number of esters is 1. The molecule has 0 atom stereocenters. The number of nitrogens with one attached hydrogen (secondary N) is 2. The SMILES string of the molecule is CCCCNC(=O)NC(=O)COC(=O)c1ccc(-c2ccc(C(C)=O)cc2)o1. The van der Waals surface area contributed by atoms with Crippen LogP contribution in [0.1, 0.15) is 47.6 Å². The van der Waals surface area contributed by atoms with E-state index in [1.54, 1.807) is 30.3 Å². The van der Waals surface area contributed by atoms with Gasteiger partial charge in [0.05, 0.1) is 0 Å². The summed E-state index contributed by atoms with van der Waals surface area (Å²) in [5.41, 5.74) is 1.25. The van der Waals surface area contributed by atoms with Crippen LogP contribution in [0.3, 0.4) is 0 Å². The molecule has 0 spiro atoms. The summed E-state index contributed by atoms with van der Waals surface area (Å²) in [6.45, 7) is 3.30. The first kappa shape index (κ1) is 20.9. The fourth-order valence-electron chi connectivity index (χ4n) is 2.26. The lowest BCUT2D eigenvalue weighted by atomic mass is 10.1. The summed E-state index contributed by atoms with van der Waals surface area (Å²) in [5, 5.41) is 4.58. The molecule has 0 radical (unpaired) electrons. The third-order valence-corrected chi connectivity index (χ3v) is 3.79. The number of furan rings is 1. The molecule has 0 saturated carbocycles. The molecule has 2 aromatic rings. The van der Waals surface area contributed by atoms with E-state index in [1.165, 1.54) is 13.0 Å². The zero-order chi connectivity index (χ0) is 20.5. The summed E-state index contributed by atoms with van der Waals surface area (Å²) in [6, 6.07) is 9.10. The van der Waals surface area contributed by atoms with Crippen LogP contribution in [0, 0.1) is 0 Å². The fourth-order valence-corrected chi connectivity index (χ4v) is 2.26. The van der Waals surface area contributed by atoms with Gasteiger partial charge in [0.2, 0.25) is 5.76 Å². The predicted octanol–water partition coefficient (Wildman–Crippen LogP) is 2.93. The monoisotopic (exact) mass is 386 g/mol. The van der Waals surface area contributed by atoms with Gasteiger partial charge in [0.1, 0.15) is 5.76 Å². The number of hydrogen-bond donors (Lipinski definition) is 2. The van der Waals surface area contributed by atoms with E-state index >= 15 is 0 Å². The van der Waals surface area contributed by atoms with Crippen molar-refractivity contribution < 1.29 is 28.3 Å². The van der Waals surface area contributed by atoms with Crippen LogP contribution in [0.5, 0.6) is 0 Å². The molecule has 8 nitrogen and oxygen atoms in total. The van der Waals surface area contributed by atoms with Crippen molar-refractivity contribution >= 4 is 23.7 Å². The van der Waals surface area contributed by atoms with Crippen LogP contribution in [0.4, 0.5) is 4.79 Å². The molecule has 3 amide bonds. The Bertz CT molecular complexity index is 854. The maximum atomic E-state index is 12.0. The Morgan fingerprint density at radius 3 is 2.39 bits per heavy atom. The lowest BCUT2D eigenvalue weighted by Gasteiger charge is -2.06. The highest BCUT2D eigenvalue weighted by molar-refractivity contribution is 5.96. The quantitative estimate of drug-likeness (QED) is 0.409. The van der Waals surface area contributed by atoms with Gasteiger partial charge in [0, 0.05) is 17.7 Å². The van der Waals surface area contributed by atoms with Crippen molar-refractivity contribution in [3.8, 4) is 11.3 Å². The number of rotatable bonds is 8. The van der Waals surface area contributed by atoms with Gasteiger partial charge in [-0.15, -0.1) is 0 Å². The molecule has 0 aliphatic rings. The number of hydrogen-bond acceptors (Lipinski definition) is 6. The highest BCUT2D eigenvalue weighted by Crippen LogP contribution is 2.23. The first-order valence-corrected chi connectivity index (χ1v) is 8.86. The maximum absolute atomic E-state index is 12.0. The third-order valence-electron chi connectivity index (χ3n) is 3.79. The number of carbonyl (C=O) groups excluding carboxylic acids is 4. The van der Waals surface area contributed by atoms with Gasteiger partial charge >= 0.3 is 12.0 Å². The van der Waals surface area contributed by atoms with E-state index in [4.69, 9.17) is 9.15 Å². The number of unbranched alkanes of at least 4 members (excludes halogenated alkanes) is 1. The molecular weight excluding hydrogens is 364 g/mol. The van der Waals surface area contributed by atoms with Gasteiger partial charge in [-0.2, -0.15) is 0 Å². The molecule has 2 rings (SSSR count). The Kier molecular flexibility index (Phi) is 7.50. The molecule has 0 fully saturated rings. The Hall–Kier alpha value is -3.42. The van der Waals surface area contributed by atoms with Gasteiger partial charge < -0.3 is 14.5 Å². The van der Waals surface area contributed by atoms with Gasteiger partial charge in [0.15, 0.2) is 12.4 Å². The summed E-state index contributed by atoms with van der Waals surface area (Å²) >= 11 is 0. The highest BCUT2D eigenvalue weighted by Gasteiger charge is 2.16. The smallest absolute Gasteiger partial charge is 0.374 e. The zero-order valence-corrected chi connectivity index (χ0v) is 15.7. The van der Waals surface area contributed by atoms with E-state index in [9.17, 15) is 19.2 Å². The van der Waals surface area contributed by atoms with Gasteiger partial charge in [-0.05, 0) is 25.5 Å². The molecule has 28 heavy (non-hydrogen) atoms. The molecule has 0 aliphatic carbocycles. The van der Waals surface area contributed by atoms with Crippen LogP contribution < -0.4 is 10.6 Å². The minimum atomic E-state index is -0.826. The van der Waals surface area contributed by atoms with Gasteiger partial charge in [-0.1, -0.05) is 37.6 Å². The van der Waals surface area contributed by atoms with E-state index in [-0.39, 0.29) is 11.5 Å². The Morgan fingerprint density at radius 1 is 1.04 bits per heavy atom. The first-order valence-electron chi connectivity index (χ1n) is 8.86. The molecule has 0 saturated heterocycles. The summed E-state index contributed by atoms with van der Waals surface area (Å²) in [7, 11) is 0. The van der Waals surface area contributed by atoms with E-state index in [0.29, 0.717) is 23.4 Å². The lowest BCUT2D eigenvalue weighted by Crippen LogP contribution is -2.41. The highest BCUT2D eigenvalue weighted by atomic mass is 16.5. The van der Waals surface area contributed by atoms with Crippen molar-refractivity contribution in [3.63, 3.8) is 0 Å². The Labute approximate surface area is 162 Å². The topological polar surface area (TPSA) is 115 Å². The summed E-state index contributed by atoms with van der Waals surface area (Å²) in [6.07, 6.45) is 1.72. The molecule has 0 aliphatic heterocycles. The fraction of sp³-hybridized carbons (Fsp3) is 0.300. The zero-order valence-electron chi connectivity index (χ0n) is 15.7. The molecule has 1 aromatic carbocycles. The number of imide groups is 1. The number of ketones is 1. The minimum Gasteiger partial charge on any atom is -0.450 e. The van der Waals surface area contributed by atoms with Crippen LogP contribution in [0.25, 0.3) is 11.3 Å². The summed E-state index contributed by atoms with van der Waals surface area (Å²) < 4.78 is 10.3. The van der Waals surface area contributed by atoms with E-state index < -0.39 is 24.5 Å². The number of ether oxygens (including phenoxy) is 1. The number of benzene rings is 1. The van der Waals surface area contributed by atoms with Gasteiger partial charge in [-0.25, -0.2) is 9.59 Å². The molecule has 1 heterocycles. The van der Waals surface area contributed by atoms with Crippen molar-refractivity contribution in [2.24, 2.45) is 0 Å². The Balaban J connectivity index is 1.86. The lowest BCUT2D eigenvalue weighted by molar-refractivity contribution is -0.123. The second kappa shape index (κ2) is 10.1. The van der Waals surface area contributed by atoms with Crippen LogP contribution >= 0.6 is 0 Å². The van der Waals surface area contributed by atoms with Crippen molar-refractivity contribution in [2.45, 2.75) is 26.7 Å². The number of urea groups is 1. The molecule has 1 aromatic heterocycles. The van der Waals surface area contributed by atoms with Gasteiger partial charge in [0.25, 0.3) is 5.91 Å².